The van der Waals surface area contributed by atoms with Crippen molar-refractivity contribution in [3.8, 4) is 0 Å². The second kappa shape index (κ2) is 5.36. The lowest BCUT2D eigenvalue weighted by atomic mass is 10.0. The van der Waals surface area contributed by atoms with Crippen molar-refractivity contribution in [3.05, 3.63) is 54.1 Å². The molecule has 0 fully saturated rings. The predicted octanol–water partition coefficient (Wildman–Crippen LogP) is 4.24. The van der Waals surface area contributed by atoms with Crippen molar-refractivity contribution in [1.29, 1.82) is 0 Å². The summed E-state index contributed by atoms with van der Waals surface area (Å²) in [6, 6.07) is 14.9. The number of hydrogen-bond acceptors (Lipinski definition) is 1. The van der Waals surface area contributed by atoms with E-state index in [2.05, 4.69) is 80.7 Å². The lowest BCUT2D eigenvalue weighted by Crippen LogP contribution is -2.35. The molecule has 18 heavy (non-hydrogen) atoms. The highest BCUT2D eigenvalue weighted by Crippen LogP contribution is 2.19. The van der Waals surface area contributed by atoms with Crippen LogP contribution in [0.2, 0.25) is 0 Å². The normalized spacial score (nSPS) is 12.4. The fraction of sp³-hybridized carbons (Fsp3) is 0.294. The number of nitrogens with one attached hydrogen (secondary N) is 1. The van der Waals surface area contributed by atoms with E-state index in [9.17, 15) is 0 Å². The Bertz CT molecular complexity index is 542. The van der Waals surface area contributed by atoms with Gasteiger partial charge < -0.3 is 5.32 Å². The highest BCUT2D eigenvalue weighted by Gasteiger charge is 2.05. The first-order valence-electron chi connectivity index (χ1n) is 6.46. The summed E-state index contributed by atoms with van der Waals surface area (Å²) in [5.41, 5.74) is 1.45. The van der Waals surface area contributed by atoms with Crippen LogP contribution in [0.25, 0.3) is 16.8 Å². The van der Waals surface area contributed by atoms with Crippen LogP contribution in [0.3, 0.4) is 0 Å². The van der Waals surface area contributed by atoms with Gasteiger partial charge in [0.25, 0.3) is 0 Å². The van der Waals surface area contributed by atoms with E-state index in [1.54, 1.807) is 0 Å². The van der Waals surface area contributed by atoms with Gasteiger partial charge in [-0.15, -0.1) is 0 Å². The SMILES string of the molecule is CC(C)(C)NCC=Cc1cccc2ccccc12. The van der Waals surface area contributed by atoms with Crippen molar-refractivity contribution in [2.45, 2.75) is 26.3 Å². The lowest BCUT2D eigenvalue weighted by molar-refractivity contribution is 0.450. The van der Waals surface area contributed by atoms with Crippen LogP contribution in [-0.4, -0.2) is 12.1 Å². The molecule has 2 rings (SSSR count). The molecule has 1 nitrogen and oxygen atoms in total. The third-order valence-corrected chi connectivity index (χ3v) is 2.87. The summed E-state index contributed by atoms with van der Waals surface area (Å²) in [4.78, 5) is 0. The maximum absolute atomic E-state index is 3.45. The monoisotopic (exact) mass is 239 g/mol. The fourth-order valence-corrected chi connectivity index (χ4v) is 1.95. The average molecular weight is 239 g/mol. The molecule has 0 unspecified atom stereocenters. The molecule has 0 aliphatic heterocycles. The van der Waals surface area contributed by atoms with Crippen LogP contribution in [0.15, 0.2) is 48.5 Å². The van der Waals surface area contributed by atoms with E-state index in [1.165, 1.54) is 16.3 Å². The van der Waals surface area contributed by atoms with Gasteiger partial charge in [-0.2, -0.15) is 0 Å². The zero-order valence-corrected chi connectivity index (χ0v) is 11.4. The van der Waals surface area contributed by atoms with Crippen molar-refractivity contribution in [2.75, 3.05) is 6.54 Å². The summed E-state index contributed by atoms with van der Waals surface area (Å²) in [6.07, 6.45) is 4.38. The van der Waals surface area contributed by atoms with E-state index in [0.717, 1.165) is 6.54 Å². The molecule has 94 valence electrons. The van der Waals surface area contributed by atoms with Crippen molar-refractivity contribution in [1.82, 2.24) is 5.32 Å². The molecule has 1 N–H and O–H groups in total. The number of benzene rings is 2. The van der Waals surface area contributed by atoms with Crippen LogP contribution < -0.4 is 5.32 Å². The second-order valence-corrected chi connectivity index (χ2v) is 5.60. The van der Waals surface area contributed by atoms with Crippen LogP contribution in [0.1, 0.15) is 26.3 Å². The first kappa shape index (κ1) is 12.8. The maximum Gasteiger partial charge on any atom is 0.0143 e. The molecule has 2 aromatic carbocycles. The van der Waals surface area contributed by atoms with Gasteiger partial charge in [-0.1, -0.05) is 54.6 Å². The van der Waals surface area contributed by atoms with Crippen LogP contribution in [0.4, 0.5) is 0 Å². The van der Waals surface area contributed by atoms with Gasteiger partial charge in [-0.25, -0.2) is 0 Å². The van der Waals surface area contributed by atoms with Crippen LogP contribution in [0.5, 0.6) is 0 Å². The van der Waals surface area contributed by atoms with Gasteiger partial charge in [0.15, 0.2) is 0 Å². The van der Waals surface area contributed by atoms with Gasteiger partial charge in [-0.3, -0.25) is 0 Å². The standard InChI is InChI=1S/C17H21N/c1-17(2,3)18-13-7-11-15-10-6-9-14-8-4-5-12-16(14)15/h4-12,18H,13H2,1-3H3. The molecule has 0 aliphatic carbocycles. The van der Waals surface area contributed by atoms with Crippen molar-refractivity contribution >= 4 is 16.8 Å². The zero-order chi connectivity index (χ0) is 13.0. The topological polar surface area (TPSA) is 12.0 Å². The molecule has 0 radical (unpaired) electrons. The van der Waals surface area contributed by atoms with Gasteiger partial charge in [0.2, 0.25) is 0 Å². The Morgan fingerprint density at radius 2 is 1.72 bits per heavy atom. The Labute approximate surface area is 110 Å². The molecular weight excluding hydrogens is 218 g/mol. The minimum atomic E-state index is 0.170. The summed E-state index contributed by atoms with van der Waals surface area (Å²) in [6.45, 7) is 7.43. The molecule has 0 heterocycles. The Hall–Kier alpha value is -1.60. The third-order valence-electron chi connectivity index (χ3n) is 2.87. The Morgan fingerprint density at radius 3 is 2.50 bits per heavy atom. The van der Waals surface area contributed by atoms with Crippen LogP contribution in [-0.2, 0) is 0 Å². The largest absolute Gasteiger partial charge is 0.309 e. The molecule has 0 aliphatic rings. The molecule has 0 saturated carbocycles. The molecule has 1 heteroatoms. The number of hydrogen-bond donors (Lipinski definition) is 1. The quantitative estimate of drug-likeness (QED) is 0.844. The van der Waals surface area contributed by atoms with Gasteiger partial charge in [0.1, 0.15) is 0 Å². The van der Waals surface area contributed by atoms with Gasteiger partial charge >= 0.3 is 0 Å². The second-order valence-electron chi connectivity index (χ2n) is 5.60. The zero-order valence-electron chi connectivity index (χ0n) is 11.4. The number of fused-ring (bicyclic) bond motifs is 1. The summed E-state index contributed by atoms with van der Waals surface area (Å²) in [5.74, 6) is 0. The van der Waals surface area contributed by atoms with Crippen LogP contribution in [0, 0.1) is 0 Å². The van der Waals surface area contributed by atoms with E-state index in [4.69, 9.17) is 0 Å². The average Bonchev–Trinajstić information content (AvgIpc) is 2.33. The van der Waals surface area contributed by atoms with E-state index in [1.807, 2.05) is 0 Å². The minimum absolute atomic E-state index is 0.170. The summed E-state index contributed by atoms with van der Waals surface area (Å²) >= 11 is 0. The highest BCUT2D eigenvalue weighted by molar-refractivity contribution is 5.90. The fourth-order valence-electron chi connectivity index (χ4n) is 1.95. The van der Waals surface area contributed by atoms with E-state index >= 15 is 0 Å². The number of rotatable bonds is 3. The molecule has 0 amide bonds. The molecule has 0 saturated heterocycles. The Kier molecular flexibility index (Phi) is 3.83. The van der Waals surface area contributed by atoms with Crippen molar-refractivity contribution in [3.63, 3.8) is 0 Å². The minimum Gasteiger partial charge on any atom is -0.309 e. The Morgan fingerprint density at radius 1 is 1.00 bits per heavy atom. The predicted molar refractivity (Wildman–Crippen MR) is 80.7 cm³/mol. The first-order valence-corrected chi connectivity index (χ1v) is 6.46. The van der Waals surface area contributed by atoms with Crippen molar-refractivity contribution < 1.29 is 0 Å². The molecule has 0 spiro atoms. The lowest BCUT2D eigenvalue weighted by Gasteiger charge is -2.18. The van der Waals surface area contributed by atoms with Gasteiger partial charge in [0.05, 0.1) is 0 Å². The molecular formula is C17H21N. The van der Waals surface area contributed by atoms with E-state index in [0.29, 0.717) is 0 Å². The Balaban J connectivity index is 2.14. The maximum atomic E-state index is 3.45. The van der Waals surface area contributed by atoms with E-state index < -0.39 is 0 Å². The van der Waals surface area contributed by atoms with Gasteiger partial charge in [0, 0.05) is 12.1 Å². The molecule has 0 bridgehead atoms. The van der Waals surface area contributed by atoms with Gasteiger partial charge in [-0.05, 0) is 37.1 Å². The summed E-state index contributed by atoms with van der Waals surface area (Å²) in [7, 11) is 0. The molecule has 0 aromatic heterocycles. The summed E-state index contributed by atoms with van der Waals surface area (Å²) < 4.78 is 0. The molecule has 2 aromatic rings. The van der Waals surface area contributed by atoms with Crippen LogP contribution >= 0.6 is 0 Å². The molecule has 0 atom stereocenters. The third kappa shape index (κ3) is 3.44. The highest BCUT2D eigenvalue weighted by atomic mass is 14.9. The smallest absolute Gasteiger partial charge is 0.0143 e. The van der Waals surface area contributed by atoms with E-state index in [-0.39, 0.29) is 5.54 Å². The summed E-state index contributed by atoms with van der Waals surface area (Å²) in [5, 5.41) is 6.06. The van der Waals surface area contributed by atoms with Crippen molar-refractivity contribution in [2.24, 2.45) is 0 Å². The first-order chi connectivity index (χ1) is 8.56.